The summed E-state index contributed by atoms with van der Waals surface area (Å²) < 4.78 is 8.76. The lowest BCUT2D eigenvalue weighted by molar-refractivity contribution is 0.307. The zero-order chi connectivity index (χ0) is 19.1. The lowest BCUT2D eigenvalue weighted by Gasteiger charge is -2.25. The van der Waals surface area contributed by atoms with Gasteiger partial charge in [0, 0.05) is 0 Å². The maximum absolute atomic E-state index is 9.02. The first-order valence-electron chi connectivity index (χ1n) is 8.75. The van der Waals surface area contributed by atoms with Crippen molar-refractivity contribution in [3.63, 3.8) is 0 Å². The van der Waals surface area contributed by atoms with Crippen LogP contribution in [0.2, 0.25) is 0 Å². The normalized spacial score (nSPS) is 10.4. The van der Waals surface area contributed by atoms with Crippen molar-refractivity contribution in [3.8, 4) is 11.8 Å². The molecule has 0 amide bonds. The van der Waals surface area contributed by atoms with Gasteiger partial charge in [0.1, 0.15) is 18.4 Å². The Labute approximate surface area is 172 Å². The van der Waals surface area contributed by atoms with Crippen LogP contribution in [0.1, 0.15) is 30.9 Å². The number of anilines is 1. The highest BCUT2D eigenvalue weighted by Crippen LogP contribution is 2.25. The number of ether oxygens (including phenoxy) is 1. The Bertz CT molecular complexity index is 903. The second-order valence-electron chi connectivity index (χ2n) is 6.03. The molecule has 1 aromatic heterocycles. The molecule has 0 aliphatic carbocycles. The van der Waals surface area contributed by atoms with Crippen molar-refractivity contribution in [2.24, 2.45) is 0 Å². The lowest BCUT2D eigenvalue weighted by atomic mass is 10.2. The van der Waals surface area contributed by atoms with Crippen LogP contribution < -0.4 is 9.75 Å². The van der Waals surface area contributed by atoms with Crippen LogP contribution in [-0.4, -0.2) is 21.5 Å². The van der Waals surface area contributed by atoms with Crippen LogP contribution in [0, 0.1) is 14.9 Å². The molecular weight excluding hydrogens is 453 g/mol. The highest BCUT2D eigenvalue weighted by molar-refractivity contribution is 14.1. The predicted molar refractivity (Wildman–Crippen MR) is 112 cm³/mol. The van der Waals surface area contributed by atoms with Gasteiger partial charge in [-0.15, -0.1) is 10.2 Å². The van der Waals surface area contributed by atoms with Gasteiger partial charge in [-0.2, -0.15) is 5.26 Å². The maximum Gasteiger partial charge on any atom is 0.139 e. The van der Waals surface area contributed by atoms with Gasteiger partial charge >= 0.3 is 0 Å². The third-order valence-corrected chi connectivity index (χ3v) is 4.91. The molecule has 0 aliphatic rings. The first kappa shape index (κ1) is 19.2. The summed E-state index contributed by atoms with van der Waals surface area (Å²) in [6, 6.07) is 15.8. The Morgan fingerprint density at radius 1 is 1.15 bits per heavy atom. The zero-order valence-electron chi connectivity index (χ0n) is 15.0. The van der Waals surface area contributed by atoms with Crippen LogP contribution in [0.15, 0.2) is 55.1 Å². The zero-order valence-corrected chi connectivity index (χ0v) is 17.2. The van der Waals surface area contributed by atoms with Crippen LogP contribution in [0.5, 0.6) is 5.75 Å². The van der Waals surface area contributed by atoms with E-state index < -0.39 is 0 Å². The van der Waals surface area contributed by atoms with Crippen molar-refractivity contribution in [2.45, 2.75) is 26.3 Å². The number of benzene rings is 2. The summed E-state index contributed by atoms with van der Waals surface area (Å²) in [5.74, 6) is 0.919. The van der Waals surface area contributed by atoms with Crippen molar-refractivity contribution in [1.29, 1.82) is 5.26 Å². The molecule has 0 fully saturated rings. The van der Waals surface area contributed by atoms with E-state index in [2.05, 4.69) is 57.9 Å². The third kappa shape index (κ3) is 4.98. The van der Waals surface area contributed by atoms with Gasteiger partial charge in [0.05, 0.1) is 34.0 Å². The Kier molecular flexibility index (Phi) is 6.65. The summed E-state index contributed by atoms with van der Waals surface area (Å²) in [5, 5.41) is 18.9. The largest absolute Gasteiger partial charge is 0.492 e. The summed E-state index contributed by atoms with van der Waals surface area (Å²) in [6.45, 7) is 3.53. The van der Waals surface area contributed by atoms with Crippen LogP contribution in [-0.2, 0) is 6.54 Å². The number of hydrogen-bond donors (Lipinski definition) is 0. The van der Waals surface area contributed by atoms with Gasteiger partial charge in [-0.3, -0.25) is 5.01 Å². The minimum absolute atomic E-state index is 0.630. The molecule has 27 heavy (non-hydrogen) atoms. The van der Waals surface area contributed by atoms with E-state index in [9.17, 15) is 0 Å². The Morgan fingerprint density at radius 3 is 2.52 bits per heavy atom. The minimum atomic E-state index is 0.630. The average Bonchev–Trinajstić information content (AvgIpc) is 3.22. The molecule has 6 nitrogen and oxygen atoms in total. The van der Waals surface area contributed by atoms with E-state index in [0.717, 1.165) is 40.0 Å². The van der Waals surface area contributed by atoms with E-state index in [4.69, 9.17) is 10.00 Å². The maximum atomic E-state index is 9.02. The van der Waals surface area contributed by atoms with Gasteiger partial charge in [-0.25, -0.2) is 4.68 Å². The van der Waals surface area contributed by atoms with Crippen LogP contribution >= 0.6 is 22.6 Å². The quantitative estimate of drug-likeness (QED) is 0.359. The fraction of sp³-hybridized carbons (Fsp3) is 0.250. The number of rotatable bonds is 8. The highest BCUT2D eigenvalue weighted by atomic mass is 127. The van der Waals surface area contributed by atoms with Crippen molar-refractivity contribution in [2.75, 3.05) is 11.6 Å². The smallest absolute Gasteiger partial charge is 0.139 e. The molecule has 0 N–H and O–H groups in total. The van der Waals surface area contributed by atoms with E-state index in [1.807, 2.05) is 27.9 Å². The van der Waals surface area contributed by atoms with Crippen molar-refractivity contribution in [1.82, 2.24) is 14.9 Å². The molecule has 0 spiro atoms. The van der Waals surface area contributed by atoms with Crippen molar-refractivity contribution >= 4 is 28.3 Å². The molecule has 2 aromatic carbocycles. The Hall–Kier alpha value is -2.60. The monoisotopic (exact) mass is 473 g/mol. The van der Waals surface area contributed by atoms with E-state index in [1.165, 1.54) is 0 Å². The third-order valence-electron chi connectivity index (χ3n) is 4.06. The second kappa shape index (κ2) is 9.37. The molecule has 0 radical (unpaired) electrons. The first-order valence-corrected chi connectivity index (χ1v) is 9.83. The fourth-order valence-electron chi connectivity index (χ4n) is 2.59. The highest BCUT2D eigenvalue weighted by Gasteiger charge is 2.12. The number of nitrogens with zero attached hydrogens (tertiary/aromatic N) is 5. The van der Waals surface area contributed by atoms with Gasteiger partial charge in [-0.05, 0) is 71.0 Å². The molecule has 3 aromatic rings. The summed E-state index contributed by atoms with van der Waals surface area (Å²) >= 11 is 2.31. The van der Waals surface area contributed by atoms with Gasteiger partial charge in [0.15, 0.2) is 0 Å². The van der Waals surface area contributed by atoms with Crippen LogP contribution in [0.4, 0.5) is 5.69 Å². The molecule has 138 valence electrons. The number of unbranched alkanes of at least 4 members (excludes halogenated alkanes) is 1. The molecule has 0 aliphatic heterocycles. The molecule has 0 unspecified atom stereocenters. The molecule has 0 saturated carbocycles. The Balaban J connectivity index is 1.82. The Morgan fingerprint density at radius 2 is 1.89 bits per heavy atom. The molecule has 3 rings (SSSR count). The van der Waals surface area contributed by atoms with E-state index >= 15 is 0 Å². The summed E-state index contributed by atoms with van der Waals surface area (Å²) in [7, 11) is 0. The average molecular weight is 473 g/mol. The number of halogens is 1. The number of aromatic nitrogens is 3. The minimum Gasteiger partial charge on any atom is -0.492 e. The van der Waals surface area contributed by atoms with Crippen molar-refractivity contribution < 1.29 is 4.74 Å². The molecular formula is C20H20IN5O. The van der Waals surface area contributed by atoms with Gasteiger partial charge in [-0.1, -0.05) is 19.4 Å². The summed E-state index contributed by atoms with van der Waals surface area (Å²) in [4.78, 5) is 0. The summed E-state index contributed by atoms with van der Waals surface area (Å²) in [6.07, 6.45) is 5.49. The first-order chi connectivity index (χ1) is 13.2. The number of nitriles is 1. The van der Waals surface area contributed by atoms with Crippen LogP contribution in [0.3, 0.4) is 0 Å². The number of hydrogen-bond acceptors (Lipinski definition) is 5. The molecule has 7 heteroatoms. The fourth-order valence-corrected chi connectivity index (χ4v) is 3.33. The molecule has 0 saturated heterocycles. The molecule has 0 atom stereocenters. The lowest BCUT2D eigenvalue weighted by Crippen LogP contribution is -2.27. The standard InChI is InChI=1S/C20H20IN5O/c1-2-3-10-27-20-9-6-17(11-19(20)21)13-26(25-14-23-24-15-25)18-7-4-16(12-22)5-8-18/h4-9,11,14-15H,2-3,10,13H2,1H3. The van der Waals surface area contributed by atoms with Gasteiger partial charge in [0.25, 0.3) is 0 Å². The summed E-state index contributed by atoms with van der Waals surface area (Å²) in [5.41, 5.74) is 2.72. The topological polar surface area (TPSA) is 67.0 Å². The van der Waals surface area contributed by atoms with E-state index in [0.29, 0.717) is 12.1 Å². The second-order valence-corrected chi connectivity index (χ2v) is 7.19. The molecule has 1 heterocycles. The van der Waals surface area contributed by atoms with Crippen molar-refractivity contribution in [3.05, 3.63) is 69.8 Å². The SMILES string of the molecule is CCCCOc1ccc(CN(c2ccc(C#N)cc2)n2cnnc2)cc1I. The van der Waals surface area contributed by atoms with E-state index in [1.54, 1.807) is 24.8 Å². The van der Waals surface area contributed by atoms with Gasteiger partial charge in [0.2, 0.25) is 0 Å². The van der Waals surface area contributed by atoms with Gasteiger partial charge < -0.3 is 4.74 Å². The van der Waals surface area contributed by atoms with E-state index in [-0.39, 0.29) is 0 Å². The predicted octanol–water partition coefficient (Wildman–Crippen LogP) is 4.40. The van der Waals surface area contributed by atoms with Crippen LogP contribution in [0.25, 0.3) is 0 Å². The molecule has 0 bridgehead atoms.